The maximum atomic E-state index is 12.7. The van der Waals surface area contributed by atoms with Crippen LogP contribution in [0.1, 0.15) is 16.7 Å². The molecule has 0 spiro atoms. The molecule has 5 heteroatoms. The predicted octanol–water partition coefficient (Wildman–Crippen LogP) is 3.60. The van der Waals surface area contributed by atoms with Gasteiger partial charge in [-0.2, -0.15) is 0 Å². The van der Waals surface area contributed by atoms with E-state index in [1.54, 1.807) is 7.11 Å². The highest BCUT2D eigenvalue weighted by Crippen LogP contribution is 2.29. The second-order valence-corrected chi connectivity index (χ2v) is 7.29. The van der Waals surface area contributed by atoms with Gasteiger partial charge < -0.3 is 19.5 Å². The van der Waals surface area contributed by atoms with E-state index < -0.39 is 0 Å². The minimum absolute atomic E-state index is 0.0188. The largest absolute Gasteiger partial charge is 0.383 e. The van der Waals surface area contributed by atoms with Gasteiger partial charge in [0.1, 0.15) is 0 Å². The summed E-state index contributed by atoms with van der Waals surface area (Å²) < 4.78 is 7.52. The van der Waals surface area contributed by atoms with Crippen LogP contribution >= 0.6 is 0 Å². The van der Waals surface area contributed by atoms with Gasteiger partial charge in [-0.3, -0.25) is 0 Å². The summed E-state index contributed by atoms with van der Waals surface area (Å²) in [5.41, 5.74) is 5.01. The number of rotatable bonds is 6. The highest BCUT2D eigenvalue weighted by Gasteiger charge is 2.22. The first-order chi connectivity index (χ1) is 13.8. The summed E-state index contributed by atoms with van der Waals surface area (Å²) in [6.45, 7) is 3.58. The fourth-order valence-electron chi connectivity index (χ4n) is 4.00. The Bertz CT molecular complexity index is 949. The number of hydrogen-bond donors (Lipinski definition) is 1. The number of carbonyl (C=O) groups excluding carboxylic acids is 1. The van der Waals surface area contributed by atoms with Crippen molar-refractivity contribution in [3.05, 3.63) is 71.4 Å². The van der Waals surface area contributed by atoms with E-state index in [4.69, 9.17) is 4.74 Å². The van der Waals surface area contributed by atoms with Gasteiger partial charge in [0.25, 0.3) is 0 Å². The molecule has 146 valence electrons. The SMILES string of the molecule is COCCn1cc2c3c(cccc31)CN(C(=O)NCCc1ccccc1)CC2. The minimum atomic E-state index is 0.0188. The Labute approximate surface area is 165 Å². The van der Waals surface area contributed by atoms with Crippen LogP contribution in [-0.4, -0.2) is 42.3 Å². The molecule has 5 nitrogen and oxygen atoms in total. The molecule has 0 saturated carbocycles. The normalized spacial score (nSPS) is 13.5. The molecular weight excluding hydrogens is 350 g/mol. The molecule has 28 heavy (non-hydrogen) atoms. The number of amides is 2. The maximum absolute atomic E-state index is 12.7. The van der Waals surface area contributed by atoms with Crippen LogP contribution in [0, 0.1) is 0 Å². The van der Waals surface area contributed by atoms with Gasteiger partial charge >= 0.3 is 6.03 Å². The fraction of sp³-hybridized carbons (Fsp3) is 0.348. The first-order valence-corrected chi connectivity index (χ1v) is 9.91. The number of urea groups is 1. The molecule has 2 amide bonds. The average Bonchev–Trinajstić information content (AvgIpc) is 2.97. The van der Waals surface area contributed by atoms with Crippen molar-refractivity contribution in [1.82, 2.24) is 14.8 Å². The van der Waals surface area contributed by atoms with Crippen molar-refractivity contribution in [2.24, 2.45) is 0 Å². The van der Waals surface area contributed by atoms with Gasteiger partial charge in [0.15, 0.2) is 0 Å². The molecule has 2 heterocycles. The lowest BCUT2D eigenvalue weighted by molar-refractivity contribution is 0.188. The van der Waals surface area contributed by atoms with Crippen LogP contribution < -0.4 is 5.32 Å². The Morgan fingerprint density at radius 1 is 1.11 bits per heavy atom. The van der Waals surface area contributed by atoms with Crippen LogP contribution in [0.2, 0.25) is 0 Å². The zero-order valence-electron chi connectivity index (χ0n) is 16.4. The van der Waals surface area contributed by atoms with Crippen LogP contribution in [-0.2, 0) is 30.7 Å². The van der Waals surface area contributed by atoms with E-state index in [1.165, 1.54) is 27.6 Å². The third-order valence-corrected chi connectivity index (χ3v) is 5.44. The third kappa shape index (κ3) is 3.90. The Morgan fingerprint density at radius 2 is 1.96 bits per heavy atom. The van der Waals surface area contributed by atoms with Gasteiger partial charge in [0, 0.05) is 50.4 Å². The molecule has 1 N–H and O–H groups in total. The van der Waals surface area contributed by atoms with Gasteiger partial charge in [0.05, 0.1) is 6.61 Å². The van der Waals surface area contributed by atoms with Crippen molar-refractivity contribution < 1.29 is 9.53 Å². The third-order valence-electron chi connectivity index (χ3n) is 5.44. The molecule has 0 unspecified atom stereocenters. The van der Waals surface area contributed by atoms with Crippen LogP contribution in [0.15, 0.2) is 54.7 Å². The Balaban J connectivity index is 1.44. The Morgan fingerprint density at radius 3 is 2.79 bits per heavy atom. The number of nitrogens with zero attached hydrogens (tertiary/aromatic N) is 2. The lowest BCUT2D eigenvalue weighted by Gasteiger charge is -2.22. The second kappa shape index (κ2) is 8.48. The second-order valence-electron chi connectivity index (χ2n) is 7.29. The summed E-state index contributed by atoms with van der Waals surface area (Å²) in [7, 11) is 1.73. The molecule has 1 aliphatic heterocycles. The van der Waals surface area contributed by atoms with Crippen LogP contribution in [0.3, 0.4) is 0 Å². The van der Waals surface area contributed by atoms with Crippen molar-refractivity contribution >= 4 is 16.9 Å². The molecule has 4 rings (SSSR count). The van der Waals surface area contributed by atoms with Crippen molar-refractivity contribution in [2.75, 3.05) is 26.8 Å². The summed E-state index contributed by atoms with van der Waals surface area (Å²) in [5.74, 6) is 0. The predicted molar refractivity (Wildman–Crippen MR) is 111 cm³/mol. The van der Waals surface area contributed by atoms with E-state index in [9.17, 15) is 4.79 Å². The monoisotopic (exact) mass is 377 g/mol. The van der Waals surface area contributed by atoms with Gasteiger partial charge in [0.2, 0.25) is 0 Å². The van der Waals surface area contributed by atoms with Gasteiger partial charge in [-0.25, -0.2) is 4.79 Å². The van der Waals surface area contributed by atoms with Gasteiger partial charge in [-0.15, -0.1) is 0 Å². The summed E-state index contributed by atoms with van der Waals surface area (Å²) in [4.78, 5) is 14.7. The van der Waals surface area contributed by atoms with Crippen LogP contribution in [0.25, 0.3) is 10.9 Å². The molecule has 0 aliphatic carbocycles. The van der Waals surface area contributed by atoms with Crippen molar-refractivity contribution in [3.63, 3.8) is 0 Å². The number of methoxy groups -OCH3 is 1. The first kappa shape index (κ1) is 18.6. The van der Waals surface area contributed by atoms with Gasteiger partial charge in [-0.1, -0.05) is 42.5 Å². The summed E-state index contributed by atoms with van der Waals surface area (Å²) in [6, 6.07) is 16.7. The number of benzene rings is 2. The van der Waals surface area contributed by atoms with Crippen LogP contribution in [0.4, 0.5) is 4.79 Å². The number of nitrogens with one attached hydrogen (secondary N) is 1. The Kier molecular flexibility index (Phi) is 5.63. The van der Waals surface area contributed by atoms with E-state index in [-0.39, 0.29) is 6.03 Å². The number of hydrogen-bond acceptors (Lipinski definition) is 2. The average molecular weight is 377 g/mol. The van der Waals surface area contributed by atoms with Crippen molar-refractivity contribution in [3.8, 4) is 0 Å². The highest BCUT2D eigenvalue weighted by molar-refractivity contribution is 5.88. The van der Waals surface area contributed by atoms with E-state index in [2.05, 4.69) is 46.4 Å². The molecule has 1 aromatic heterocycles. The highest BCUT2D eigenvalue weighted by atomic mass is 16.5. The molecule has 0 radical (unpaired) electrons. The molecule has 0 atom stereocenters. The molecule has 3 aromatic rings. The van der Waals surface area contributed by atoms with E-state index >= 15 is 0 Å². The molecular formula is C23H27N3O2. The summed E-state index contributed by atoms with van der Waals surface area (Å²) >= 11 is 0. The van der Waals surface area contributed by atoms with Gasteiger partial charge in [-0.05, 0) is 35.6 Å². The van der Waals surface area contributed by atoms with E-state index in [0.29, 0.717) is 19.7 Å². The van der Waals surface area contributed by atoms with Crippen LogP contribution in [0.5, 0.6) is 0 Å². The molecule has 2 aromatic carbocycles. The summed E-state index contributed by atoms with van der Waals surface area (Å²) in [5, 5.41) is 4.39. The molecule has 1 aliphatic rings. The first-order valence-electron chi connectivity index (χ1n) is 9.91. The standard InChI is InChI=1S/C23H27N3O2/c1-28-15-14-25-16-20-11-13-26(17-19-8-5-9-21(25)22(19)20)23(27)24-12-10-18-6-3-2-4-7-18/h2-9,16H,10-15,17H2,1H3,(H,24,27). The van der Waals surface area contributed by atoms with Crippen molar-refractivity contribution in [2.45, 2.75) is 25.9 Å². The quantitative estimate of drug-likeness (QED) is 0.713. The smallest absolute Gasteiger partial charge is 0.317 e. The Hall–Kier alpha value is -2.79. The fourth-order valence-corrected chi connectivity index (χ4v) is 4.00. The van der Waals surface area contributed by atoms with E-state index in [0.717, 1.165) is 25.9 Å². The molecule has 0 saturated heterocycles. The lowest BCUT2D eigenvalue weighted by atomic mass is 10.1. The zero-order chi connectivity index (χ0) is 19.3. The number of aromatic nitrogens is 1. The summed E-state index contributed by atoms with van der Waals surface area (Å²) in [6.07, 6.45) is 3.95. The molecule has 0 bridgehead atoms. The number of ether oxygens (including phenoxy) is 1. The minimum Gasteiger partial charge on any atom is -0.383 e. The maximum Gasteiger partial charge on any atom is 0.317 e. The van der Waals surface area contributed by atoms with Crippen molar-refractivity contribution in [1.29, 1.82) is 0 Å². The lowest BCUT2D eigenvalue weighted by Crippen LogP contribution is -2.40. The number of carbonyl (C=O) groups is 1. The topological polar surface area (TPSA) is 46.5 Å². The van der Waals surface area contributed by atoms with E-state index in [1.807, 2.05) is 23.1 Å². The molecule has 0 fully saturated rings. The zero-order valence-corrected chi connectivity index (χ0v) is 16.4.